The number of nitrogens with zero attached hydrogens (tertiary/aromatic N) is 2. The molecule has 0 fully saturated rings. The number of aromatic nitrogens is 1. The standard InChI is InChI=1S/C31H34FN5O4.C2H6/c1-18-11-21(20(3)35-24-6-8-27-22(12-24)9-10-34-30(27)33)5-7-26(18)19(2)16-41-31(40)36-25-13-23(15-37(4)17-38)29(39)28(32)14-25;1-2/h5-14,17,19-20,35,39H,15-16H2,1-4H3,(H2,33,34)(H,36,40);1-2H3/t19-,20-;/m0./s1. The van der Waals surface area contributed by atoms with Crippen LogP contribution in [0.1, 0.15) is 61.9 Å². The maximum absolute atomic E-state index is 14.2. The van der Waals surface area contributed by atoms with E-state index in [1.165, 1.54) is 18.0 Å². The van der Waals surface area contributed by atoms with Crippen LogP contribution in [0.4, 0.5) is 26.4 Å². The van der Waals surface area contributed by atoms with Crippen molar-refractivity contribution in [2.24, 2.45) is 0 Å². The van der Waals surface area contributed by atoms with Gasteiger partial charge in [-0.1, -0.05) is 39.0 Å². The van der Waals surface area contributed by atoms with Crippen molar-refractivity contribution in [3.63, 3.8) is 0 Å². The molecule has 0 bridgehead atoms. The lowest BCUT2D eigenvalue weighted by molar-refractivity contribution is -0.117. The van der Waals surface area contributed by atoms with Crippen LogP contribution in [-0.4, -0.2) is 41.1 Å². The molecular weight excluding hydrogens is 549 g/mol. The highest BCUT2D eigenvalue weighted by atomic mass is 19.1. The van der Waals surface area contributed by atoms with Gasteiger partial charge in [0.2, 0.25) is 6.41 Å². The predicted molar refractivity (Wildman–Crippen MR) is 170 cm³/mol. The van der Waals surface area contributed by atoms with Crippen molar-refractivity contribution in [3.8, 4) is 5.75 Å². The molecule has 1 aromatic heterocycles. The normalized spacial score (nSPS) is 12.0. The number of carbonyl (C=O) groups excluding carboxylic acids is 2. The summed E-state index contributed by atoms with van der Waals surface area (Å²) in [5.74, 6) is -1.07. The Morgan fingerprint density at radius 1 is 1.12 bits per heavy atom. The molecule has 0 radical (unpaired) electrons. The van der Waals surface area contributed by atoms with Crippen molar-refractivity contribution in [1.82, 2.24) is 9.88 Å². The number of nitrogens with two attached hydrogens (primary N) is 1. The molecule has 1 heterocycles. The van der Waals surface area contributed by atoms with E-state index < -0.39 is 17.7 Å². The maximum Gasteiger partial charge on any atom is 0.411 e. The van der Waals surface area contributed by atoms with E-state index >= 15 is 0 Å². The van der Waals surface area contributed by atoms with E-state index in [-0.39, 0.29) is 36.4 Å². The third-order valence-electron chi connectivity index (χ3n) is 6.96. The van der Waals surface area contributed by atoms with Crippen LogP contribution >= 0.6 is 0 Å². The van der Waals surface area contributed by atoms with Crippen molar-refractivity contribution in [2.75, 3.05) is 30.0 Å². The fourth-order valence-electron chi connectivity index (χ4n) is 4.74. The topological polar surface area (TPSA) is 130 Å². The minimum Gasteiger partial charge on any atom is -0.505 e. The van der Waals surface area contributed by atoms with Crippen LogP contribution in [0.15, 0.2) is 60.8 Å². The lowest BCUT2D eigenvalue weighted by atomic mass is 9.93. The van der Waals surface area contributed by atoms with Crippen molar-refractivity contribution in [2.45, 2.75) is 53.1 Å². The Labute approximate surface area is 251 Å². The van der Waals surface area contributed by atoms with Crippen LogP contribution in [0, 0.1) is 12.7 Å². The molecule has 0 saturated heterocycles. The summed E-state index contributed by atoms with van der Waals surface area (Å²) in [5, 5.41) is 17.9. The van der Waals surface area contributed by atoms with Gasteiger partial charge in [-0.25, -0.2) is 14.2 Å². The molecule has 0 saturated carbocycles. The Kier molecular flexibility index (Phi) is 11.3. The summed E-state index contributed by atoms with van der Waals surface area (Å²) >= 11 is 0. The smallest absolute Gasteiger partial charge is 0.411 e. The molecule has 5 N–H and O–H groups in total. The molecule has 0 unspecified atom stereocenters. The summed E-state index contributed by atoms with van der Waals surface area (Å²) in [6.07, 6.45) is 1.50. The lowest BCUT2D eigenvalue weighted by Gasteiger charge is -2.20. The second kappa shape index (κ2) is 14.9. The molecular formula is C33H40FN5O4. The molecule has 2 atom stereocenters. The number of anilines is 3. The van der Waals surface area contributed by atoms with E-state index in [9.17, 15) is 19.1 Å². The van der Waals surface area contributed by atoms with Crippen LogP contribution in [0.5, 0.6) is 5.75 Å². The Hall–Kier alpha value is -4.86. The number of hydrogen-bond donors (Lipinski definition) is 4. The number of pyridine rings is 1. The summed E-state index contributed by atoms with van der Waals surface area (Å²) in [5.41, 5.74) is 10.4. The number of phenols is 1. The van der Waals surface area contributed by atoms with Crippen molar-refractivity contribution in [3.05, 3.63) is 88.9 Å². The molecule has 2 amide bonds. The number of amides is 2. The van der Waals surface area contributed by atoms with Gasteiger partial charge in [0.25, 0.3) is 0 Å². The number of hydrogen-bond acceptors (Lipinski definition) is 7. The number of fused-ring (bicyclic) bond motifs is 1. The zero-order valence-corrected chi connectivity index (χ0v) is 25.4. The highest BCUT2D eigenvalue weighted by Crippen LogP contribution is 2.29. The summed E-state index contributed by atoms with van der Waals surface area (Å²) in [7, 11) is 1.49. The number of benzene rings is 3. The number of phenolic OH excluding ortho intramolecular Hbond substituents is 1. The average molecular weight is 590 g/mol. The first kappa shape index (κ1) is 32.7. The zero-order valence-electron chi connectivity index (χ0n) is 25.4. The van der Waals surface area contributed by atoms with Gasteiger partial charge in [-0.3, -0.25) is 10.1 Å². The number of ether oxygens (including phenoxy) is 1. The van der Waals surface area contributed by atoms with E-state index in [2.05, 4.69) is 34.7 Å². The monoisotopic (exact) mass is 589 g/mol. The largest absolute Gasteiger partial charge is 0.505 e. The molecule has 4 aromatic rings. The van der Waals surface area contributed by atoms with Crippen LogP contribution in [0.2, 0.25) is 0 Å². The summed E-state index contributed by atoms with van der Waals surface area (Å²) < 4.78 is 19.6. The van der Waals surface area contributed by atoms with Gasteiger partial charge >= 0.3 is 6.09 Å². The van der Waals surface area contributed by atoms with Gasteiger partial charge in [-0.15, -0.1) is 0 Å². The molecule has 43 heavy (non-hydrogen) atoms. The summed E-state index contributed by atoms with van der Waals surface area (Å²) in [6, 6.07) is 16.6. The first-order valence-electron chi connectivity index (χ1n) is 14.2. The van der Waals surface area contributed by atoms with Gasteiger partial charge in [0, 0.05) is 60.1 Å². The molecule has 10 heteroatoms. The van der Waals surface area contributed by atoms with Crippen molar-refractivity contribution in [1.29, 1.82) is 0 Å². The Balaban J connectivity index is 0.00000248. The first-order valence-corrected chi connectivity index (χ1v) is 14.2. The fourth-order valence-corrected chi connectivity index (χ4v) is 4.74. The van der Waals surface area contributed by atoms with E-state index in [4.69, 9.17) is 10.5 Å². The van der Waals surface area contributed by atoms with E-state index in [1.807, 2.05) is 58.0 Å². The minimum atomic E-state index is -0.910. The third-order valence-corrected chi connectivity index (χ3v) is 6.96. The summed E-state index contributed by atoms with van der Waals surface area (Å²) in [4.78, 5) is 28.7. The van der Waals surface area contributed by atoms with Crippen LogP contribution in [0.3, 0.4) is 0 Å². The molecule has 228 valence electrons. The first-order chi connectivity index (χ1) is 20.5. The van der Waals surface area contributed by atoms with Crippen LogP contribution in [0.25, 0.3) is 10.8 Å². The summed E-state index contributed by atoms with van der Waals surface area (Å²) in [6.45, 7) is 10.2. The predicted octanol–water partition coefficient (Wildman–Crippen LogP) is 7.11. The van der Waals surface area contributed by atoms with Gasteiger partial charge in [0.1, 0.15) is 5.82 Å². The molecule has 9 nitrogen and oxygen atoms in total. The number of aromatic hydroxyl groups is 1. The number of nitrogens with one attached hydrogen (secondary N) is 2. The molecule has 0 aliphatic heterocycles. The average Bonchev–Trinajstić information content (AvgIpc) is 2.99. The Morgan fingerprint density at radius 3 is 2.56 bits per heavy atom. The number of carbonyl (C=O) groups is 2. The molecule has 0 aliphatic rings. The van der Waals surface area contributed by atoms with Gasteiger partial charge in [-0.2, -0.15) is 0 Å². The number of halogens is 1. The highest BCUT2D eigenvalue weighted by molar-refractivity contribution is 5.93. The van der Waals surface area contributed by atoms with Crippen LogP contribution in [-0.2, 0) is 16.1 Å². The maximum atomic E-state index is 14.2. The van der Waals surface area contributed by atoms with Crippen molar-refractivity contribution < 1.29 is 23.8 Å². The lowest BCUT2D eigenvalue weighted by Crippen LogP contribution is -2.18. The highest BCUT2D eigenvalue weighted by Gasteiger charge is 2.16. The van der Waals surface area contributed by atoms with Gasteiger partial charge in [0.05, 0.1) is 6.61 Å². The second-order valence-electron chi connectivity index (χ2n) is 10.2. The Bertz CT molecular complexity index is 1580. The zero-order chi connectivity index (χ0) is 31.7. The molecule has 0 spiro atoms. The Morgan fingerprint density at radius 2 is 1.86 bits per heavy atom. The number of nitrogen functional groups attached to an aromatic ring is 1. The van der Waals surface area contributed by atoms with E-state index in [1.54, 1.807) is 6.20 Å². The third kappa shape index (κ3) is 8.34. The van der Waals surface area contributed by atoms with E-state index in [0.29, 0.717) is 12.2 Å². The number of aryl methyl sites for hydroxylation is 1. The van der Waals surface area contributed by atoms with E-state index in [0.717, 1.165) is 39.2 Å². The van der Waals surface area contributed by atoms with Gasteiger partial charge in [-0.05, 0) is 66.3 Å². The second-order valence-corrected chi connectivity index (χ2v) is 10.2. The SMILES string of the molecule is CC.Cc1cc([C@H](C)Nc2ccc3c(N)nccc3c2)ccc1[C@@H](C)COC(=O)Nc1cc(F)c(O)c(CN(C)C=O)c1. The quantitative estimate of drug-likeness (QED) is 0.115. The number of rotatable bonds is 10. The van der Waals surface area contributed by atoms with Gasteiger partial charge < -0.3 is 25.8 Å². The molecule has 3 aromatic carbocycles. The fraction of sp³-hybridized carbons (Fsp3) is 0.303. The minimum absolute atomic E-state index is 0.0215. The molecule has 0 aliphatic carbocycles. The van der Waals surface area contributed by atoms with Crippen molar-refractivity contribution >= 4 is 40.5 Å². The van der Waals surface area contributed by atoms with Crippen LogP contribution < -0.4 is 16.4 Å². The molecule has 4 rings (SSSR count). The van der Waals surface area contributed by atoms with Gasteiger partial charge in [0.15, 0.2) is 11.6 Å².